The highest BCUT2D eigenvalue weighted by Crippen LogP contribution is 2.39. The molecule has 3 aromatic heterocycles. The van der Waals surface area contributed by atoms with E-state index in [4.69, 9.17) is 9.72 Å². The smallest absolute Gasteiger partial charge is 0.268 e. The van der Waals surface area contributed by atoms with E-state index in [1.165, 1.54) is 27.6 Å². The van der Waals surface area contributed by atoms with Gasteiger partial charge in [-0.05, 0) is 93.9 Å². The fourth-order valence-electron chi connectivity index (χ4n) is 8.23. The molecule has 0 bridgehead atoms. The van der Waals surface area contributed by atoms with Crippen molar-refractivity contribution in [2.45, 2.75) is 64.7 Å². The van der Waals surface area contributed by atoms with Crippen molar-refractivity contribution >= 4 is 21.8 Å². The second-order valence-corrected chi connectivity index (χ2v) is 17.7. The number of aromatic nitrogens is 4. The first kappa shape index (κ1) is 37.8. The minimum atomic E-state index is -0.306. The molecule has 9 aromatic rings. The summed E-state index contributed by atoms with van der Waals surface area (Å²) < 4.78 is 13.2. The van der Waals surface area contributed by atoms with Crippen LogP contribution in [0.25, 0.3) is 39.0 Å². The van der Waals surface area contributed by atoms with Crippen LogP contribution in [0.3, 0.4) is 0 Å². The Labute approximate surface area is 347 Å². The zero-order valence-electron chi connectivity index (χ0n) is 34.9. The van der Waals surface area contributed by atoms with Gasteiger partial charge in [0.25, 0.3) is 6.33 Å². The lowest BCUT2D eigenvalue weighted by Crippen LogP contribution is -2.28. The number of nitrogens with zero attached hydrogens (tertiary/aromatic N) is 4. The van der Waals surface area contributed by atoms with E-state index in [9.17, 15) is 0 Å². The molecule has 6 aromatic carbocycles. The third kappa shape index (κ3) is 7.12. The lowest BCUT2D eigenvalue weighted by molar-refractivity contribution is -0.599. The maximum Gasteiger partial charge on any atom is 0.268 e. The summed E-state index contributed by atoms with van der Waals surface area (Å²) in [6.45, 7) is 15.8. The summed E-state index contributed by atoms with van der Waals surface area (Å²) in [4.78, 5) is 4.89. The van der Waals surface area contributed by atoms with Gasteiger partial charge in [-0.1, -0.05) is 139 Å². The van der Waals surface area contributed by atoms with Gasteiger partial charge in [0.1, 0.15) is 17.3 Å². The summed E-state index contributed by atoms with van der Waals surface area (Å²) >= 11 is 0. The Hall–Kier alpha value is -6.72. The Kier molecular flexibility index (Phi) is 9.35. The molecule has 0 aliphatic rings. The fraction of sp³-hybridized carbons (Fsp3) is 0.185. The lowest BCUT2D eigenvalue weighted by Gasteiger charge is -2.27. The third-order valence-corrected chi connectivity index (χ3v) is 12.1. The molecule has 0 radical (unpaired) electrons. The highest BCUT2D eigenvalue weighted by molar-refractivity contribution is 6.09. The van der Waals surface area contributed by atoms with Crippen LogP contribution in [0, 0.1) is 6.33 Å². The largest absolute Gasteiger partial charge is 0.458 e. The van der Waals surface area contributed by atoms with Crippen molar-refractivity contribution in [2.24, 2.45) is 0 Å². The number of ether oxygens (including phenoxy) is 1. The van der Waals surface area contributed by atoms with Gasteiger partial charge in [-0.25, -0.2) is 4.98 Å². The first-order chi connectivity index (χ1) is 28.4. The highest BCUT2D eigenvalue weighted by atomic mass is 16.5. The van der Waals surface area contributed by atoms with Crippen LogP contribution in [-0.2, 0) is 16.2 Å². The molecule has 0 unspecified atom stereocenters. The maximum atomic E-state index is 6.89. The number of pyridine rings is 1. The second kappa shape index (κ2) is 14.6. The maximum absolute atomic E-state index is 6.89. The standard InChI is InChI=1S/C54H50N4O/c1-52(2,3)41-28-29-55-51(34-41)58-49-21-15-14-20-47(49)48-27-26-45(36-50(48)58)59-46-33-42(54(6,7)39-18-12-9-13-19-39)32-44(35-46)57-31-30-56(37-57)43-24-22-40(23-25-43)53(4,5)38-16-10-8-11-17-38/h8-36H,1-7H3. The molecular weight excluding hydrogens is 721 g/mol. The van der Waals surface area contributed by atoms with Crippen LogP contribution in [0.15, 0.2) is 176 Å². The number of rotatable bonds is 9. The van der Waals surface area contributed by atoms with Gasteiger partial charge >= 0.3 is 0 Å². The van der Waals surface area contributed by atoms with E-state index in [0.29, 0.717) is 0 Å². The van der Waals surface area contributed by atoms with E-state index in [0.717, 1.165) is 50.7 Å². The Morgan fingerprint density at radius 1 is 0.525 bits per heavy atom. The summed E-state index contributed by atoms with van der Waals surface area (Å²) in [5, 5.41) is 2.33. The quantitative estimate of drug-likeness (QED) is 0.108. The molecule has 0 aliphatic heterocycles. The van der Waals surface area contributed by atoms with E-state index in [-0.39, 0.29) is 16.2 Å². The summed E-state index contributed by atoms with van der Waals surface area (Å²) in [6, 6.07) is 55.9. The molecular formula is C54H50N4O. The average molecular weight is 771 g/mol. The Bertz CT molecular complexity index is 2930. The SMILES string of the molecule is CC(C)(C)c1ccnc(-n2c3ccccc3c3ccc(Oc4cc(-n5[c-][n+](-c6ccc(C(C)(C)c7ccccc7)cc6)cc5)cc(C(C)(C)c5ccccc5)c4)cc32)c1. The molecule has 5 heteroatoms. The van der Waals surface area contributed by atoms with Crippen LogP contribution >= 0.6 is 0 Å². The molecule has 3 heterocycles. The van der Waals surface area contributed by atoms with Gasteiger partial charge in [-0.3, -0.25) is 13.7 Å². The van der Waals surface area contributed by atoms with E-state index >= 15 is 0 Å². The van der Waals surface area contributed by atoms with Crippen LogP contribution in [0.5, 0.6) is 11.5 Å². The molecule has 0 saturated heterocycles. The number of imidazole rings is 1. The van der Waals surface area contributed by atoms with Crippen molar-refractivity contribution < 1.29 is 9.30 Å². The minimum Gasteiger partial charge on any atom is -0.458 e. The van der Waals surface area contributed by atoms with Gasteiger partial charge in [0.05, 0.1) is 22.4 Å². The molecule has 0 N–H and O–H groups in total. The first-order valence-corrected chi connectivity index (χ1v) is 20.4. The topological polar surface area (TPSA) is 35.9 Å². The van der Waals surface area contributed by atoms with E-state index in [1.54, 1.807) is 0 Å². The molecule has 0 spiro atoms. The predicted molar refractivity (Wildman–Crippen MR) is 241 cm³/mol. The molecule has 0 atom stereocenters. The number of hydrogen-bond acceptors (Lipinski definition) is 2. The number of hydrogen-bond donors (Lipinski definition) is 0. The number of para-hydroxylation sites is 1. The molecule has 0 fully saturated rings. The van der Waals surface area contributed by atoms with Gasteiger partial charge in [0.15, 0.2) is 0 Å². The van der Waals surface area contributed by atoms with Crippen molar-refractivity contribution in [3.8, 4) is 28.7 Å². The zero-order valence-corrected chi connectivity index (χ0v) is 34.9. The van der Waals surface area contributed by atoms with E-state index in [1.807, 2.05) is 15.3 Å². The van der Waals surface area contributed by atoms with Crippen LogP contribution in [0.4, 0.5) is 0 Å². The molecule has 5 nitrogen and oxygen atoms in total. The molecule has 59 heavy (non-hydrogen) atoms. The van der Waals surface area contributed by atoms with Gasteiger partial charge in [-0.2, -0.15) is 0 Å². The average Bonchev–Trinajstić information content (AvgIpc) is 3.88. The summed E-state index contributed by atoms with van der Waals surface area (Å²) in [7, 11) is 0. The van der Waals surface area contributed by atoms with Crippen molar-refractivity contribution in [1.29, 1.82) is 0 Å². The van der Waals surface area contributed by atoms with Gasteiger partial charge in [-0.15, -0.1) is 0 Å². The first-order valence-electron chi connectivity index (χ1n) is 20.4. The zero-order chi connectivity index (χ0) is 40.9. The normalized spacial score (nSPS) is 12.3. The lowest BCUT2D eigenvalue weighted by atomic mass is 9.78. The summed E-state index contributed by atoms with van der Waals surface area (Å²) in [6.07, 6.45) is 9.63. The molecule has 292 valence electrons. The Morgan fingerprint density at radius 3 is 1.85 bits per heavy atom. The fourth-order valence-corrected chi connectivity index (χ4v) is 8.23. The van der Waals surface area contributed by atoms with Crippen molar-refractivity contribution in [3.05, 3.63) is 210 Å². The van der Waals surface area contributed by atoms with Gasteiger partial charge < -0.3 is 4.74 Å². The monoisotopic (exact) mass is 770 g/mol. The van der Waals surface area contributed by atoms with Gasteiger partial charge in [0.2, 0.25) is 0 Å². The van der Waals surface area contributed by atoms with Crippen molar-refractivity contribution in [2.75, 3.05) is 0 Å². The third-order valence-electron chi connectivity index (χ3n) is 12.1. The molecule has 9 rings (SSSR count). The van der Waals surface area contributed by atoms with Crippen molar-refractivity contribution in [1.82, 2.24) is 14.1 Å². The number of benzene rings is 6. The highest BCUT2D eigenvalue weighted by Gasteiger charge is 2.26. The van der Waals surface area contributed by atoms with Crippen LogP contribution in [-0.4, -0.2) is 14.1 Å². The predicted octanol–water partition coefficient (Wildman–Crippen LogP) is 12.8. The molecule has 0 aliphatic carbocycles. The van der Waals surface area contributed by atoms with Crippen LogP contribution in [0.2, 0.25) is 0 Å². The van der Waals surface area contributed by atoms with E-state index < -0.39 is 0 Å². The number of fused-ring (bicyclic) bond motifs is 3. The van der Waals surface area contributed by atoms with E-state index in [2.05, 4.69) is 229 Å². The second-order valence-electron chi connectivity index (χ2n) is 17.7. The summed E-state index contributed by atoms with van der Waals surface area (Å²) in [5.74, 6) is 2.39. The Balaban J connectivity index is 1.11. The summed E-state index contributed by atoms with van der Waals surface area (Å²) in [5.41, 5.74) is 9.87. The minimum absolute atomic E-state index is 0.0122. The van der Waals surface area contributed by atoms with Crippen molar-refractivity contribution in [3.63, 3.8) is 0 Å². The van der Waals surface area contributed by atoms with Crippen LogP contribution < -0.4 is 9.30 Å². The van der Waals surface area contributed by atoms with Crippen LogP contribution in [0.1, 0.15) is 76.3 Å². The molecule has 0 saturated carbocycles. The Morgan fingerprint density at radius 2 is 1.15 bits per heavy atom. The van der Waals surface area contributed by atoms with Gasteiger partial charge in [0, 0.05) is 46.3 Å². The molecule has 0 amide bonds.